The summed E-state index contributed by atoms with van der Waals surface area (Å²) in [6, 6.07) is 0. The van der Waals surface area contributed by atoms with Gasteiger partial charge in [-0.2, -0.15) is 0 Å². The van der Waals surface area contributed by atoms with Crippen molar-refractivity contribution in [3.63, 3.8) is 0 Å². The Morgan fingerprint density at radius 1 is 0.895 bits per heavy atom. The molecule has 1 heterocycles. The maximum atomic E-state index is 6.34. The molecule has 2 aliphatic rings. The average Bonchev–Trinajstić information content (AvgIpc) is 2.47. The first-order valence-corrected chi connectivity index (χ1v) is 7.54. The van der Waals surface area contributed by atoms with Gasteiger partial charge < -0.3 is 4.74 Å². The Bertz CT molecular complexity index is 472. The van der Waals surface area contributed by atoms with Crippen molar-refractivity contribution in [2.75, 3.05) is 0 Å². The van der Waals surface area contributed by atoms with Crippen LogP contribution >= 0.6 is 0 Å². The summed E-state index contributed by atoms with van der Waals surface area (Å²) in [4.78, 5) is 0. The Morgan fingerprint density at radius 2 is 1.42 bits per heavy atom. The molecule has 1 aliphatic carbocycles. The minimum Gasteiger partial charge on any atom is -0.361 e. The van der Waals surface area contributed by atoms with Crippen molar-refractivity contribution in [3.8, 4) is 0 Å². The third-order valence-corrected chi connectivity index (χ3v) is 5.56. The lowest BCUT2D eigenvalue weighted by Gasteiger charge is -2.34. The lowest BCUT2D eigenvalue weighted by molar-refractivity contribution is -0.0562. The number of rotatable bonds is 1. The van der Waals surface area contributed by atoms with Crippen molar-refractivity contribution < 1.29 is 4.74 Å². The first kappa shape index (κ1) is 14.8. The summed E-state index contributed by atoms with van der Waals surface area (Å²) < 4.78 is 6.34. The Hall–Kier alpha value is -0.560. The normalized spacial score (nSPS) is 32.4. The van der Waals surface area contributed by atoms with Crippen molar-refractivity contribution in [1.82, 2.24) is 0 Å². The van der Waals surface area contributed by atoms with Crippen LogP contribution in [-0.4, -0.2) is 11.2 Å². The molecular formula is C18H30O. The molecule has 0 saturated heterocycles. The Labute approximate surface area is 119 Å². The van der Waals surface area contributed by atoms with E-state index in [1.807, 2.05) is 0 Å². The quantitative estimate of drug-likeness (QED) is 0.625. The van der Waals surface area contributed by atoms with Gasteiger partial charge in [-0.25, -0.2) is 0 Å². The zero-order valence-corrected chi connectivity index (χ0v) is 14.2. The fourth-order valence-electron chi connectivity index (χ4n) is 4.16. The maximum absolute atomic E-state index is 6.34. The van der Waals surface area contributed by atoms with E-state index in [4.69, 9.17) is 4.74 Å². The first-order chi connectivity index (χ1) is 8.41. The highest BCUT2D eigenvalue weighted by molar-refractivity contribution is 5.53. The molecule has 0 radical (unpaired) electrons. The second-order valence-corrected chi connectivity index (χ2v) is 8.10. The van der Waals surface area contributed by atoms with Crippen LogP contribution in [0.15, 0.2) is 22.3 Å². The van der Waals surface area contributed by atoms with Crippen molar-refractivity contribution >= 4 is 0 Å². The number of hydrogen-bond donors (Lipinski definition) is 0. The molecule has 0 bridgehead atoms. The van der Waals surface area contributed by atoms with E-state index in [9.17, 15) is 0 Å². The summed E-state index contributed by atoms with van der Waals surface area (Å²) in [6.45, 7) is 20.6. The summed E-state index contributed by atoms with van der Waals surface area (Å²) in [5.41, 5.74) is 5.93. The molecule has 0 aromatic carbocycles. The third kappa shape index (κ3) is 2.01. The molecule has 0 amide bonds. The van der Waals surface area contributed by atoms with Gasteiger partial charge in [0.25, 0.3) is 0 Å². The van der Waals surface area contributed by atoms with Crippen molar-refractivity contribution in [1.29, 1.82) is 0 Å². The first-order valence-electron chi connectivity index (χ1n) is 7.54. The highest BCUT2D eigenvalue weighted by atomic mass is 16.5. The lowest BCUT2D eigenvalue weighted by atomic mass is 9.71. The highest BCUT2D eigenvalue weighted by Crippen LogP contribution is 2.56. The van der Waals surface area contributed by atoms with Gasteiger partial charge in [0.05, 0.1) is 11.2 Å². The molecule has 0 spiro atoms. The van der Waals surface area contributed by atoms with Gasteiger partial charge in [0.1, 0.15) is 0 Å². The zero-order chi connectivity index (χ0) is 14.8. The second-order valence-electron chi connectivity index (χ2n) is 8.10. The maximum Gasteiger partial charge on any atom is 0.0890 e. The number of ether oxygens (including phenoxy) is 1. The largest absolute Gasteiger partial charge is 0.361 e. The monoisotopic (exact) mass is 262 g/mol. The van der Waals surface area contributed by atoms with Crippen LogP contribution in [0.3, 0.4) is 0 Å². The van der Waals surface area contributed by atoms with Crippen LogP contribution in [0.2, 0.25) is 0 Å². The van der Waals surface area contributed by atoms with Crippen molar-refractivity contribution in [3.05, 3.63) is 22.3 Å². The molecule has 1 atom stereocenters. The zero-order valence-electron chi connectivity index (χ0n) is 14.2. The molecule has 2 rings (SSSR count). The van der Waals surface area contributed by atoms with Gasteiger partial charge in [-0.05, 0) is 76.0 Å². The molecule has 1 unspecified atom stereocenters. The van der Waals surface area contributed by atoms with E-state index in [1.165, 1.54) is 17.6 Å². The molecule has 19 heavy (non-hydrogen) atoms. The van der Waals surface area contributed by atoms with Crippen LogP contribution in [0, 0.1) is 11.3 Å². The lowest BCUT2D eigenvalue weighted by Crippen LogP contribution is -2.32. The van der Waals surface area contributed by atoms with Crippen LogP contribution in [0.25, 0.3) is 0 Å². The molecular weight excluding hydrogens is 232 g/mol. The van der Waals surface area contributed by atoms with Gasteiger partial charge in [0, 0.05) is 0 Å². The van der Waals surface area contributed by atoms with E-state index in [1.54, 1.807) is 11.1 Å². The van der Waals surface area contributed by atoms with Crippen molar-refractivity contribution in [2.45, 2.75) is 79.9 Å². The SMILES string of the molecule is CC1=C(C2=C(C)C(C)(C)OC2(C)C)C(C)(C)C(C)C1. The molecule has 0 saturated carbocycles. The fraction of sp³-hybridized carbons (Fsp3) is 0.778. The molecule has 1 aliphatic heterocycles. The number of hydrogen-bond acceptors (Lipinski definition) is 1. The smallest absolute Gasteiger partial charge is 0.0890 e. The summed E-state index contributed by atoms with van der Waals surface area (Å²) in [5.74, 6) is 0.710. The predicted octanol–water partition coefficient (Wildman–Crippen LogP) is 5.27. The molecule has 1 nitrogen and oxygen atoms in total. The predicted molar refractivity (Wildman–Crippen MR) is 82.2 cm³/mol. The summed E-state index contributed by atoms with van der Waals surface area (Å²) in [6.07, 6.45) is 1.22. The van der Waals surface area contributed by atoms with Gasteiger partial charge >= 0.3 is 0 Å². The van der Waals surface area contributed by atoms with Crippen molar-refractivity contribution in [2.24, 2.45) is 11.3 Å². The van der Waals surface area contributed by atoms with Gasteiger partial charge in [-0.15, -0.1) is 0 Å². The summed E-state index contributed by atoms with van der Waals surface area (Å²) >= 11 is 0. The van der Waals surface area contributed by atoms with Crippen LogP contribution in [0.5, 0.6) is 0 Å². The summed E-state index contributed by atoms with van der Waals surface area (Å²) in [5, 5.41) is 0. The minimum atomic E-state index is -0.175. The van der Waals surface area contributed by atoms with E-state index in [0.29, 0.717) is 5.92 Å². The van der Waals surface area contributed by atoms with Crippen LogP contribution in [-0.2, 0) is 4.74 Å². The molecule has 1 heteroatoms. The van der Waals surface area contributed by atoms with Gasteiger partial charge in [-0.3, -0.25) is 0 Å². The standard InChI is InChI=1S/C18H30O/c1-11-10-12(2)16(4,5)14(11)15-13(3)17(6,7)19-18(15,8)9/h12H,10H2,1-9H3. The summed E-state index contributed by atoms with van der Waals surface area (Å²) in [7, 11) is 0. The molecule has 0 N–H and O–H groups in total. The van der Waals surface area contributed by atoms with E-state index in [2.05, 4.69) is 62.3 Å². The van der Waals surface area contributed by atoms with Crippen LogP contribution in [0.1, 0.15) is 68.7 Å². The van der Waals surface area contributed by atoms with Gasteiger partial charge in [-0.1, -0.05) is 26.3 Å². The molecule has 0 fully saturated rings. The van der Waals surface area contributed by atoms with Crippen LogP contribution in [0.4, 0.5) is 0 Å². The Kier molecular flexibility index (Phi) is 3.10. The van der Waals surface area contributed by atoms with E-state index in [-0.39, 0.29) is 16.6 Å². The Balaban J connectivity index is 2.65. The fourth-order valence-corrected chi connectivity index (χ4v) is 4.16. The Morgan fingerprint density at radius 3 is 1.74 bits per heavy atom. The van der Waals surface area contributed by atoms with E-state index < -0.39 is 0 Å². The average molecular weight is 262 g/mol. The second kappa shape index (κ2) is 3.97. The minimum absolute atomic E-state index is 0.145. The number of allylic oxidation sites excluding steroid dienone is 1. The molecule has 108 valence electrons. The topological polar surface area (TPSA) is 9.23 Å². The molecule has 0 aromatic heterocycles. The van der Waals surface area contributed by atoms with E-state index >= 15 is 0 Å². The van der Waals surface area contributed by atoms with Gasteiger partial charge in [0.2, 0.25) is 0 Å². The van der Waals surface area contributed by atoms with E-state index in [0.717, 1.165) is 0 Å². The van der Waals surface area contributed by atoms with Gasteiger partial charge in [0.15, 0.2) is 0 Å². The third-order valence-electron chi connectivity index (χ3n) is 5.56. The molecule has 0 aromatic rings. The van der Waals surface area contributed by atoms with Crippen LogP contribution < -0.4 is 0 Å². The highest BCUT2D eigenvalue weighted by Gasteiger charge is 2.49.